The molecule has 0 saturated heterocycles. The molecular weight excluding hydrogens is 417 g/mol. The van der Waals surface area contributed by atoms with Crippen molar-refractivity contribution in [3.8, 4) is 5.75 Å². The third-order valence-corrected chi connectivity index (χ3v) is 3.79. The van der Waals surface area contributed by atoms with Gasteiger partial charge >= 0.3 is 0 Å². The number of methoxy groups -OCH3 is 1. The summed E-state index contributed by atoms with van der Waals surface area (Å²) in [6.07, 6.45) is 0. The number of halogens is 5. The maximum atomic E-state index is 13.8. The molecule has 0 atom stereocenters. The molecule has 2 nitrogen and oxygen atoms in total. The van der Waals surface area contributed by atoms with Crippen molar-refractivity contribution in [2.24, 2.45) is 0 Å². The van der Waals surface area contributed by atoms with Gasteiger partial charge in [-0.2, -0.15) is 0 Å². The summed E-state index contributed by atoms with van der Waals surface area (Å²) in [5.41, 5.74) is -0.874. The number of carbonyl (C=O) groups excluding carboxylic acids is 1. The Labute approximate surface area is 135 Å². The predicted octanol–water partition coefficient (Wildman–Crippen LogP) is 4.87. The summed E-state index contributed by atoms with van der Waals surface area (Å²) in [6.45, 7) is 0. The molecule has 0 radical (unpaired) electrons. The summed E-state index contributed by atoms with van der Waals surface area (Å²) in [5, 5.41) is 0. The van der Waals surface area contributed by atoms with Gasteiger partial charge in [0.15, 0.2) is 0 Å². The van der Waals surface area contributed by atoms with Crippen LogP contribution < -0.4 is 4.74 Å². The van der Waals surface area contributed by atoms with E-state index in [1.165, 1.54) is 7.11 Å². The van der Waals surface area contributed by atoms with Gasteiger partial charge in [-0.1, -0.05) is 15.9 Å². The molecule has 110 valence electrons. The minimum atomic E-state index is -1.02. The van der Waals surface area contributed by atoms with Crippen LogP contribution in [0.15, 0.2) is 33.2 Å². The van der Waals surface area contributed by atoms with E-state index < -0.39 is 28.8 Å². The summed E-state index contributed by atoms with van der Waals surface area (Å²) >= 11 is 5.85. The van der Waals surface area contributed by atoms with Crippen LogP contribution in [0.4, 0.5) is 13.2 Å². The molecule has 7 heteroatoms. The van der Waals surface area contributed by atoms with E-state index in [0.717, 1.165) is 24.3 Å². The average molecular weight is 424 g/mol. The lowest BCUT2D eigenvalue weighted by atomic mass is 10.0. The number of hydrogen-bond acceptors (Lipinski definition) is 2. The van der Waals surface area contributed by atoms with Crippen molar-refractivity contribution in [2.75, 3.05) is 7.11 Å². The Morgan fingerprint density at radius 1 is 1.00 bits per heavy atom. The highest BCUT2D eigenvalue weighted by molar-refractivity contribution is 9.10. The second-order valence-electron chi connectivity index (χ2n) is 4.04. The minimum absolute atomic E-state index is 0.00965. The molecule has 0 amide bonds. The molecule has 2 aromatic carbocycles. The Hall–Kier alpha value is -1.34. The van der Waals surface area contributed by atoms with Crippen molar-refractivity contribution in [1.82, 2.24) is 0 Å². The zero-order chi connectivity index (χ0) is 15.7. The SMILES string of the molecule is COc1cc(F)c(Br)cc1C(=O)c1c(F)cc(Br)cc1F. The van der Waals surface area contributed by atoms with E-state index in [1.54, 1.807) is 0 Å². The number of carbonyl (C=O) groups is 1. The van der Waals surface area contributed by atoms with Crippen molar-refractivity contribution >= 4 is 37.6 Å². The summed E-state index contributed by atoms with van der Waals surface area (Å²) in [4.78, 5) is 12.3. The Bertz CT molecular complexity index is 709. The molecular formula is C14H7Br2F3O2. The van der Waals surface area contributed by atoms with Gasteiger partial charge in [0.05, 0.1) is 22.7 Å². The number of hydrogen-bond donors (Lipinski definition) is 0. The second-order valence-corrected chi connectivity index (χ2v) is 5.81. The van der Waals surface area contributed by atoms with Crippen molar-refractivity contribution < 1.29 is 22.7 Å². The monoisotopic (exact) mass is 422 g/mol. The maximum absolute atomic E-state index is 13.8. The van der Waals surface area contributed by atoms with Gasteiger partial charge in [-0.3, -0.25) is 4.79 Å². The van der Waals surface area contributed by atoms with Gasteiger partial charge in [-0.25, -0.2) is 13.2 Å². The van der Waals surface area contributed by atoms with E-state index >= 15 is 0 Å². The number of rotatable bonds is 3. The molecule has 0 saturated carbocycles. The third kappa shape index (κ3) is 3.13. The molecule has 21 heavy (non-hydrogen) atoms. The fraction of sp³-hybridized carbons (Fsp3) is 0.0714. The van der Waals surface area contributed by atoms with Gasteiger partial charge < -0.3 is 4.74 Å². The topological polar surface area (TPSA) is 26.3 Å². The van der Waals surface area contributed by atoms with Crippen molar-refractivity contribution in [2.45, 2.75) is 0 Å². The molecule has 0 aliphatic rings. The minimum Gasteiger partial charge on any atom is -0.496 e. The first-order chi connectivity index (χ1) is 9.85. The van der Waals surface area contributed by atoms with Gasteiger partial charge in [0.25, 0.3) is 0 Å². The second kappa shape index (κ2) is 6.19. The predicted molar refractivity (Wildman–Crippen MR) is 78.1 cm³/mol. The number of ketones is 1. The van der Waals surface area contributed by atoms with Crippen LogP contribution in [-0.4, -0.2) is 12.9 Å². The Morgan fingerprint density at radius 2 is 1.57 bits per heavy atom. The maximum Gasteiger partial charge on any atom is 0.202 e. The zero-order valence-electron chi connectivity index (χ0n) is 10.5. The van der Waals surface area contributed by atoms with E-state index in [4.69, 9.17) is 4.74 Å². The van der Waals surface area contributed by atoms with Crippen molar-refractivity contribution in [3.05, 3.63) is 61.8 Å². The third-order valence-electron chi connectivity index (χ3n) is 2.72. The lowest BCUT2D eigenvalue weighted by Gasteiger charge is -2.10. The molecule has 0 aliphatic heterocycles. The van der Waals surface area contributed by atoms with E-state index in [2.05, 4.69) is 31.9 Å². The molecule has 0 heterocycles. The first-order valence-electron chi connectivity index (χ1n) is 5.57. The Kier molecular flexibility index (Phi) is 4.73. The van der Waals surface area contributed by atoms with Crippen LogP contribution in [0.5, 0.6) is 5.75 Å². The van der Waals surface area contributed by atoms with Gasteiger partial charge in [-0.05, 0) is 34.1 Å². The van der Waals surface area contributed by atoms with Crippen LogP contribution in [0.3, 0.4) is 0 Å². The smallest absolute Gasteiger partial charge is 0.202 e. The van der Waals surface area contributed by atoms with Crippen LogP contribution in [0, 0.1) is 17.5 Å². The van der Waals surface area contributed by atoms with Gasteiger partial charge in [0.1, 0.15) is 23.2 Å². The first kappa shape index (κ1) is 16.0. The lowest BCUT2D eigenvalue weighted by molar-refractivity contribution is 0.102. The average Bonchev–Trinajstić information content (AvgIpc) is 2.39. The molecule has 0 N–H and O–H groups in total. The van der Waals surface area contributed by atoms with Gasteiger partial charge in [-0.15, -0.1) is 0 Å². The Morgan fingerprint density at radius 3 is 2.10 bits per heavy atom. The first-order valence-corrected chi connectivity index (χ1v) is 7.16. The normalized spacial score (nSPS) is 10.6. The summed E-state index contributed by atoms with van der Waals surface area (Å²) in [5.74, 6) is -3.73. The molecule has 0 aromatic heterocycles. The molecule has 2 rings (SSSR count). The largest absolute Gasteiger partial charge is 0.496 e. The van der Waals surface area contributed by atoms with Crippen molar-refractivity contribution in [1.29, 1.82) is 0 Å². The van der Waals surface area contributed by atoms with Crippen LogP contribution in [-0.2, 0) is 0 Å². The highest BCUT2D eigenvalue weighted by Gasteiger charge is 2.24. The van der Waals surface area contributed by atoms with Crippen LogP contribution in [0.25, 0.3) is 0 Å². The standard InChI is InChI=1S/C14H7Br2F3O2/c1-21-12-5-9(17)8(16)4-7(12)14(20)13-10(18)2-6(15)3-11(13)19/h2-5H,1H3. The van der Waals surface area contributed by atoms with E-state index in [9.17, 15) is 18.0 Å². The molecule has 0 unspecified atom stereocenters. The quantitative estimate of drug-likeness (QED) is 0.658. The number of benzene rings is 2. The lowest BCUT2D eigenvalue weighted by Crippen LogP contribution is -2.10. The molecule has 0 bridgehead atoms. The molecule has 0 spiro atoms. The summed E-state index contributed by atoms with van der Waals surface area (Å²) in [6, 6.07) is 4.03. The fourth-order valence-electron chi connectivity index (χ4n) is 1.77. The highest BCUT2D eigenvalue weighted by Crippen LogP contribution is 2.30. The summed E-state index contributed by atoms with van der Waals surface area (Å²) in [7, 11) is 1.23. The van der Waals surface area contributed by atoms with E-state index in [0.29, 0.717) is 0 Å². The van der Waals surface area contributed by atoms with Gasteiger partial charge in [0, 0.05) is 10.5 Å². The molecule has 0 aliphatic carbocycles. The van der Waals surface area contributed by atoms with E-state index in [-0.39, 0.29) is 20.3 Å². The molecule has 2 aromatic rings. The zero-order valence-corrected chi connectivity index (χ0v) is 13.7. The van der Waals surface area contributed by atoms with Crippen LogP contribution in [0.2, 0.25) is 0 Å². The van der Waals surface area contributed by atoms with E-state index in [1.807, 2.05) is 0 Å². The van der Waals surface area contributed by atoms with Crippen LogP contribution in [0.1, 0.15) is 15.9 Å². The van der Waals surface area contributed by atoms with Crippen LogP contribution >= 0.6 is 31.9 Å². The van der Waals surface area contributed by atoms with Gasteiger partial charge in [0.2, 0.25) is 5.78 Å². The number of ether oxygens (including phenoxy) is 1. The fourth-order valence-corrected chi connectivity index (χ4v) is 2.51. The molecule has 0 fully saturated rings. The highest BCUT2D eigenvalue weighted by atomic mass is 79.9. The Balaban J connectivity index is 2.63. The van der Waals surface area contributed by atoms with Crippen molar-refractivity contribution in [3.63, 3.8) is 0 Å². The summed E-state index contributed by atoms with van der Waals surface area (Å²) < 4.78 is 46.2.